The minimum atomic E-state index is 0.271. The van der Waals surface area contributed by atoms with E-state index in [-0.39, 0.29) is 6.61 Å². The van der Waals surface area contributed by atoms with Crippen molar-refractivity contribution < 1.29 is 5.11 Å². The zero-order valence-electron chi connectivity index (χ0n) is 11.4. The van der Waals surface area contributed by atoms with E-state index in [2.05, 4.69) is 29.1 Å². The Hall–Kier alpha value is -0.450. The monoisotopic (exact) mass is 268 g/mol. The SMILES string of the molecule is CCCc1nc(CN2CCCC(C)C2CO)cs1. The summed E-state index contributed by atoms with van der Waals surface area (Å²) in [6.45, 7) is 6.70. The van der Waals surface area contributed by atoms with Gasteiger partial charge in [-0.25, -0.2) is 4.98 Å². The Morgan fingerprint density at radius 2 is 2.39 bits per heavy atom. The predicted molar refractivity (Wildman–Crippen MR) is 75.8 cm³/mol. The summed E-state index contributed by atoms with van der Waals surface area (Å²) in [5.41, 5.74) is 1.18. The minimum Gasteiger partial charge on any atom is -0.395 e. The average Bonchev–Trinajstić information content (AvgIpc) is 2.77. The molecule has 2 unspecified atom stereocenters. The van der Waals surface area contributed by atoms with Crippen molar-refractivity contribution in [3.05, 3.63) is 16.1 Å². The topological polar surface area (TPSA) is 36.4 Å². The minimum absolute atomic E-state index is 0.271. The number of aromatic nitrogens is 1. The van der Waals surface area contributed by atoms with E-state index < -0.39 is 0 Å². The van der Waals surface area contributed by atoms with Crippen LogP contribution in [0.5, 0.6) is 0 Å². The van der Waals surface area contributed by atoms with Crippen LogP contribution in [0, 0.1) is 5.92 Å². The summed E-state index contributed by atoms with van der Waals surface area (Å²) in [6, 6.07) is 0.315. The van der Waals surface area contributed by atoms with Crippen molar-refractivity contribution in [2.75, 3.05) is 13.2 Å². The fourth-order valence-corrected chi connectivity index (χ4v) is 3.68. The van der Waals surface area contributed by atoms with Crippen LogP contribution in [-0.4, -0.2) is 34.2 Å². The lowest BCUT2D eigenvalue weighted by Gasteiger charge is -2.38. The van der Waals surface area contributed by atoms with Crippen molar-refractivity contribution in [3.63, 3.8) is 0 Å². The van der Waals surface area contributed by atoms with E-state index in [1.807, 2.05) is 0 Å². The van der Waals surface area contributed by atoms with Crippen molar-refractivity contribution >= 4 is 11.3 Å². The van der Waals surface area contributed by atoms with Gasteiger partial charge in [-0.3, -0.25) is 4.90 Å². The molecule has 1 aliphatic rings. The number of thiazole rings is 1. The molecule has 1 fully saturated rings. The maximum absolute atomic E-state index is 9.54. The molecule has 2 atom stereocenters. The molecule has 3 nitrogen and oxygen atoms in total. The first-order valence-electron chi connectivity index (χ1n) is 7.02. The molecular formula is C14H24N2OS. The molecule has 2 heterocycles. The summed E-state index contributed by atoms with van der Waals surface area (Å²) in [4.78, 5) is 7.08. The normalized spacial score (nSPS) is 25.5. The summed E-state index contributed by atoms with van der Waals surface area (Å²) in [6.07, 6.45) is 4.72. The Morgan fingerprint density at radius 3 is 3.11 bits per heavy atom. The molecule has 0 saturated carbocycles. The van der Waals surface area contributed by atoms with Crippen molar-refractivity contribution in [1.82, 2.24) is 9.88 Å². The van der Waals surface area contributed by atoms with E-state index in [0.717, 1.165) is 25.9 Å². The van der Waals surface area contributed by atoms with Gasteiger partial charge in [0.25, 0.3) is 0 Å². The van der Waals surface area contributed by atoms with Gasteiger partial charge in [0.05, 0.1) is 17.3 Å². The number of piperidine rings is 1. The van der Waals surface area contributed by atoms with Crippen LogP contribution in [0.3, 0.4) is 0 Å². The van der Waals surface area contributed by atoms with Crippen molar-refractivity contribution in [2.45, 2.75) is 52.1 Å². The Balaban J connectivity index is 1.97. The highest BCUT2D eigenvalue weighted by molar-refractivity contribution is 7.09. The first kappa shape index (κ1) is 14.0. The van der Waals surface area contributed by atoms with Gasteiger partial charge in [0.2, 0.25) is 0 Å². The first-order chi connectivity index (χ1) is 8.74. The summed E-state index contributed by atoms with van der Waals surface area (Å²) in [5.74, 6) is 0.595. The number of nitrogens with zero attached hydrogens (tertiary/aromatic N) is 2. The molecule has 1 aromatic rings. The largest absolute Gasteiger partial charge is 0.395 e. The smallest absolute Gasteiger partial charge is 0.0928 e. The van der Waals surface area contributed by atoms with Crippen molar-refractivity contribution in [2.24, 2.45) is 5.92 Å². The van der Waals surface area contributed by atoms with Gasteiger partial charge >= 0.3 is 0 Å². The molecule has 1 saturated heterocycles. The highest BCUT2D eigenvalue weighted by Crippen LogP contribution is 2.25. The van der Waals surface area contributed by atoms with Crippen LogP contribution in [0.2, 0.25) is 0 Å². The van der Waals surface area contributed by atoms with Crippen molar-refractivity contribution in [3.8, 4) is 0 Å². The number of aliphatic hydroxyl groups excluding tert-OH is 1. The quantitative estimate of drug-likeness (QED) is 0.892. The lowest BCUT2D eigenvalue weighted by atomic mass is 9.91. The van der Waals surface area contributed by atoms with E-state index in [4.69, 9.17) is 0 Å². The average molecular weight is 268 g/mol. The number of hydrogen-bond donors (Lipinski definition) is 1. The molecule has 102 valence electrons. The predicted octanol–water partition coefficient (Wildman–Crippen LogP) is 2.69. The molecule has 0 aromatic carbocycles. The van der Waals surface area contributed by atoms with Crippen LogP contribution in [0.15, 0.2) is 5.38 Å². The molecule has 0 spiro atoms. The molecule has 1 N–H and O–H groups in total. The number of aryl methyl sites for hydroxylation is 1. The van der Waals surface area contributed by atoms with E-state index in [0.29, 0.717) is 12.0 Å². The fourth-order valence-electron chi connectivity index (χ4n) is 2.78. The molecule has 1 aliphatic heterocycles. The maximum Gasteiger partial charge on any atom is 0.0928 e. The molecule has 18 heavy (non-hydrogen) atoms. The van der Waals surface area contributed by atoms with Gasteiger partial charge in [-0.2, -0.15) is 0 Å². The lowest BCUT2D eigenvalue weighted by molar-refractivity contribution is 0.0465. The van der Waals surface area contributed by atoms with E-state index in [1.54, 1.807) is 11.3 Å². The van der Waals surface area contributed by atoms with Gasteiger partial charge in [0.1, 0.15) is 0 Å². The summed E-state index contributed by atoms with van der Waals surface area (Å²) < 4.78 is 0. The Morgan fingerprint density at radius 1 is 1.56 bits per heavy atom. The Bertz CT molecular complexity index is 366. The molecular weight excluding hydrogens is 244 g/mol. The molecule has 0 amide bonds. The first-order valence-corrected chi connectivity index (χ1v) is 7.90. The zero-order valence-corrected chi connectivity index (χ0v) is 12.2. The highest BCUT2D eigenvalue weighted by atomic mass is 32.1. The van der Waals surface area contributed by atoms with Crippen LogP contribution >= 0.6 is 11.3 Å². The molecule has 0 aliphatic carbocycles. The molecule has 1 aromatic heterocycles. The zero-order chi connectivity index (χ0) is 13.0. The fraction of sp³-hybridized carbons (Fsp3) is 0.786. The second-order valence-corrected chi connectivity index (χ2v) is 6.27. The number of aliphatic hydroxyl groups is 1. The van der Waals surface area contributed by atoms with Crippen LogP contribution in [0.1, 0.15) is 43.8 Å². The standard InChI is InChI=1S/C14H24N2OS/c1-3-5-14-15-12(10-18-14)8-16-7-4-6-11(2)13(16)9-17/h10-11,13,17H,3-9H2,1-2H3. The molecule has 0 bridgehead atoms. The van der Waals surface area contributed by atoms with Crippen LogP contribution < -0.4 is 0 Å². The van der Waals surface area contributed by atoms with Crippen LogP contribution in [0.4, 0.5) is 0 Å². The Kier molecular flexibility index (Phi) is 5.15. The second kappa shape index (κ2) is 6.64. The number of hydrogen-bond acceptors (Lipinski definition) is 4. The van der Waals surface area contributed by atoms with Gasteiger partial charge in [0.15, 0.2) is 0 Å². The van der Waals surface area contributed by atoms with Crippen LogP contribution in [-0.2, 0) is 13.0 Å². The van der Waals surface area contributed by atoms with Gasteiger partial charge in [0, 0.05) is 18.0 Å². The van der Waals surface area contributed by atoms with E-state index >= 15 is 0 Å². The Labute approximate surface area is 114 Å². The van der Waals surface area contributed by atoms with Gasteiger partial charge in [-0.15, -0.1) is 11.3 Å². The third kappa shape index (κ3) is 3.31. The summed E-state index contributed by atoms with van der Waals surface area (Å²) >= 11 is 1.77. The van der Waals surface area contributed by atoms with Gasteiger partial charge in [-0.1, -0.05) is 13.8 Å². The van der Waals surface area contributed by atoms with E-state index in [1.165, 1.54) is 23.5 Å². The van der Waals surface area contributed by atoms with Crippen molar-refractivity contribution in [1.29, 1.82) is 0 Å². The highest BCUT2D eigenvalue weighted by Gasteiger charge is 2.28. The number of rotatable bonds is 5. The summed E-state index contributed by atoms with van der Waals surface area (Å²) in [7, 11) is 0. The van der Waals surface area contributed by atoms with Gasteiger partial charge < -0.3 is 5.11 Å². The van der Waals surface area contributed by atoms with Gasteiger partial charge in [-0.05, 0) is 38.1 Å². The lowest BCUT2D eigenvalue weighted by Crippen LogP contribution is -2.46. The third-order valence-corrected chi connectivity index (χ3v) is 4.80. The second-order valence-electron chi connectivity index (χ2n) is 5.32. The molecule has 4 heteroatoms. The maximum atomic E-state index is 9.54. The third-order valence-electron chi connectivity index (χ3n) is 3.85. The summed E-state index contributed by atoms with van der Waals surface area (Å²) in [5, 5.41) is 13.0. The van der Waals surface area contributed by atoms with E-state index in [9.17, 15) is 5.11 Å². The number of likely N-dealkylation sites (tertiary alicyclic amines) is 1. The van der Waals surface area contributed by atoms with Crippen LogP contribution in [0.25, 0.3) is 0 Å². The molecule has 0 radical (unpaired) electrons. The molecule has 2 rings (SSSR count).